The maximum atomic E-state index is 11.7. The number of rotatable bonds is 5. The molecule has 1 saturated heterocycles. The van der Waals surface area contributed by atoms with Gasteiger partial charge >= 0.3 is 0 Å². The molecule has 0 bridgehead atoms. The Morgan fingerprint density at radius 2 is 2.04 bits per heavy atom. The van der Waals surface area contributed by atoms with Gasteiger partial charge in [-0.05, 0) is 32.4 Å². The number of nitrogens with zero attached hydrogens (tertiary/aromatic N) is 3. The van der Waals surface area contributed by atoms with Gasteiger partial charge < -0.3 is 10.2 Å². The normalized spacial score (nSPS) is 18.5. The first-order chi connectivity index (χ1) is 12.2. The Morgan fingerprint density at radius 1 is 1.27 bits per heavy atom. The van der Waals surface area contributed by atoms with Crippen LogP contribution in [0.4, 0.5) is 17.5 Å². The molecular formula is C18H22N4O3S. The van der Waals surface area contributed by atoms with Crippen LogP contribution in [0.2, 0.25) is 0 Å². The third-order valence-corrected chi connectivity index (χ3v) is 6.21. The minimum atomic E-state index is -2.97. The van der Waals surface area contributed by atoms with Crippen LogP contribution in [-0.4, -0.2) is 48.8 Å². The van der Waals surface area contributed by atoms with Gasteiger partial charge in [-0.1, -0.05) is 12.1 Å². The molecule has 1 fully saturated rings. The number of hydrogen-bond acceptors (Lipinski definition) is 7. The Labute approximate surface area is 153 Å². The van der Waals surface area contributed by atoms with Crippen molar-refractivity contribution in [3.63, 3.8) is 0 Å². The minimum Gasteiger partial charge on any atom is -0.340 e. The lowest BCUT2D eigenvalue weighted by molar-refractivity contribution is 0.101. The second-order valence-corrected chi connectivity index (χ2v) is 8.85. The highest BCUT2D eigenvalue weighted by atomic mass is 32.2. The Hall–Kier alpha value is -2.48. The van der Waals surface area contributed by atoms with Gasteiger partial charge in [-0.2, -0.15) is 4.98 Å². The lowest BCUT2D eigenvalue weighted by Crippen LogP contribution is -2.34. The molecule has 138 valence electrons. The highest BCUT2D eigenvalue weighted by molar-refractivity contribution is 7.91. The predicted molar refractivity (Wildman–Crippen MR) is 102 cm³/mol. The molecule has 1 unspecified atom stereocenters. The van der Waals surface area contributed by atoms with E-state index in [0.717, 1.165) is 11.4 Å². The molecule has 0 spiro atoms. The van der Waals surface area contributed by atoms with Crippen molar-refractivity contribution in [1.82, 2.24) is 9.97 Å². The summed E-state index contributed by atoms with van der Waals surface area (Å²) in [6, 6.07) is 8.89. The molecule has 1 aromatic heterocycles. The number of Topliss-reactive ketones (excluding diaryl/α,β-unsaturated/α-hetero) is 1. The largest absolute Gasteiger partial charge is 0.340 e. The van der Waals surface area contributed by atoms with Gasteiger partial charge in [0.25, 0.3) is 0 Å². The van der Waals surface area contributed by atoms with Crippen LogP contribution in [0.1, 0.15) is 29.4 Å². The van der Waals surface area contributed by atoms with E-state index in [1.165, 1.54) is 6.92 Å². The monoisotopic (exact) mass is 374 g/mol. The van der Waals surface area contributed by atoms with Crippen molar-refractivity contribution in [2.45, 2.75) is 26.3 Å². The van der Waals surface area contributed by atoms with Gasteiger partial charge in [0.15, 0.2) is 15.6 Å². The molecule has 3 rings (SSSR count). The molecule has 0 saturated carbocycles. The van der Waals surface area contributed by atoms with Crippen molar-refractivity contribution in [3.8, 4) is 0 Å². The summed E-state index contributed by atoms with van der Waals surface area (Å²) in [6.45, 7) is 3.39. The van der Waals surface area contributed by atoms with E-state index >= 15 is 0 Å². The number of carbonyl (C=O) groups excluding carboxylic acids is 1. The third kappa shape index (κ3) is 4.19. The Kier molecular flexibility index (Phi) is 4.95. The Balaban J connectivity index is 1.84. The third-order valence-electron chi connectivity index (χ3n) is 4.46. The summed E-state index contributed by atoms with van der Waals surface area (Å²) >= 11 is 0. The number of ketones is 1. The maximum absolute atomic E-state index is 11.7. The van der Waals surface area contributed by atoms with Gasteiger partial charge in [-0.3, -0.25) is 4.79 Å². The number of nitrogens with one attached hydrogen (secondary N) is 1. The Morgan fingerprint density at radius 3 is 2.69 bits per heavy atom. The molecular weight excluding hydrogens is 352 g/mol. The maximum Gasteiger partial charge on any atom is 0.227 e. The predicted octanol–water partition coefficient (Wildman–Crippen LogP) is 2.35. The van der Waals surface area contributed by atoms with Gasteiger partial charge in [-0.25, -0.2) is 13.4 Å². The van der Waals surface area contributed by atoms with Crippen LogP contribution >= 0.6 is 0 Å². The molecule has 1 N–H and O–H groups in total. The van der Waals surface area contributed by atoms with Crippen LogP contribution in [0, 0.1) is 6.92 Å². The van der Waals surface area contributed by atoms with Crippen LogP contribution in [0.15, 0.2) is 30.3 Å². The fourth-order valence-electron chi connectivity index (χ4n) is 2.98. The molecule has 0 radical (unpaired) electrons. The van der Waals surface area contributed by atoms with Crippen LogP contribution in [-0.2, 0) is 9.84 Å². The van der Waals surface area contributed by atoms with Crippen molar-refractivity contribution in [2.24, 2.45) is 0 Å². The average molecular weight is 374 g/mol. The van der Waals surface area contributed by atoms with Crippen LogP contribution < -0.4 is 10.2 Å². The summed E-state index contributed by atoms with van der Waals surface area (Å²) in [5.74, 6) is 1.41. The van der Waals surface area contributed by atoms with E-state index in [4.69, 9.17) is 0 Å². The van der Waals surface area contributed by atoms with Crippen molar-refractivity contribution < 1.29 is 13.2 Å². The number of hydrogen-bond donors (Lipinski definition) is 1. The van der Waals surface area contributed by atoms with Crippen LogP contribution in [0.5, 0.6) is 0 Å². The standard InChI is InChI=1S/C18H22N4O3S/c1-12-9-17(20-15-6-4-5-14(10-15)13(2)23)21-18(19-12)22(3)16-7-8-26(24,25)11-16/h4-6,9-10,16H,7-8,11H2,1-3H3,(H,19,20,21). The minimum absolute atomic E-state index is 0.00427. The number of aromatic nitrogens is 2. The summed E-state index contributed by atoms with van der Waals surface area (Å²) < 4.78 is 23.5. The van der Waals surface area contributed by atoms with Crippen LogP contribution in [0.25, 0.3) is 0 Å². The second kappa shape index (κ2) is 7.03. The zero-order valence-electron chi connectivity index (χ0n) is 15.1. The molecule has 7 nitrogen and oxygen atoms in total. The van der Waals surface area contributed by atoms with Gasteiger partial charge in [0.2, 0.25) is 5.95 Å². The van der Waals surface area contributed by atoms with Crippen molar-refractivity contribution in [2.75, 3.05) is 28.8 Å². The number of carbonyl (C=O) groups is 1. The van der Waals surface area contributed by atoms with E-state index in [1.807, 2.05) is 37.1 Å². The zero-order valence-corrected chi connectivity index (χ0v) is 15.9. The molecule has 0 amide bonds. The highest BCUT2D eigenvalue weighted by Crippen LogP contribution is 2.23. The molecule has 1 aromatic carbocycles. The number of benzene rings is 1. The summed E-state index contributed by atoms with van der Waals surface area (Å²) in [6.07, 6.45) is 0.583. The first-order valence-electron chi connectivity index (χ1n) is 8.40. The summed E-state index contributed by atoms with van der Waals surface area (Å²) in [5.41, 5.74) is 2.15. The molecule has 1 aliphatic rings. The molecule has 1 aliphatic heterocycles. The van der Waals surface area contributed by atoms with E-state index in [2.05, 4.69) is 15.3 Å². The zero-order chi connectivity index (χ0) is 18.9. The molecule has 26 heavy (non-hydrogen) atoms. The quantitative estimate of drug-likeness (QED) is 0.803. The van der Waals surface area contributed by atoms with Crippen molar-refractivity contribution in [1.29, 1.82) is 0 Å². The molecule has 0 aliphatic carbocycles. The summed E-state index contributed by atoms with van der Waals surface area (Å²) in [7, 11) is -1.16. The van der Waals surface area contributed by atoms with E-state index < -0.39 is 9.84 Å². The molecule has 2 heterocycles. The van der Waals surface area contributed by atoms with Crippen molar-refractivity contribution in [3.05, 3.63) is 41.6 Å². The van der Waals surface area contributed by atoms with Gasteiger partial charge in [0, 0.05) is 36.1 Å². The summed E-state index contributed by atoms with van der Waals surface area (Å²) in [5, 5.41) is 3.19. The van der Waals surface area contributed by atoms with Crippen molar-refractivity contribution >= 4 is 33.1 Å². The smallest absolute Gasteiger partial charge is 0.227 e. The van der Waals surface area contributed by atoms with E-state index in [1.54, 1.807) is 12.1 Å². The fraction of sp³-hybridized carbons (Fsp3) is 0.389. The fourth-order valence-corrected chi connectivity index (χ4v) is 4.76. The van der Waals surface area contributed by atoms with E-state index in [9.17, 15) is 13.2 Å². The lowest BCUT2D eigenvalue weighted by atomic mass is 10.1. The van der Waals surface area contributed by atoms with E-state index in [0.29, 0.717) is 23.8 Å². The molecule has 8 heteroatoms. The number of sulfone groups is 1. The first-order valence-corrected chi connectivity index (χ1v) is 10.2. The van der Waals surface area contributed by atoms with E-state index in [-0.39, 0.29) is 23.3 Å². The van der Waals surface area contributed by atoms with Gasteiger partial charge in [-0.15, -0.1) is 0 Å². The Bertz CT molecular complexity index is 943. The SMILES string of the molecule is CC(=O)c1cccc(Nc2cc(C)nc(N(C)C3CCS(=O)(=O)C3)n2)c1. The number of aryl methyl sites for hydroxylation is 1. The molecule has 2 aromatic rings. The topological polar surface area (TPSA) is 92.3 Å². The second-order valence-electron chi connectivity index (χ2n) is 6.62. The van der Waals surface area contributed by atoms with Crippen LogP contribution in [0.3, 0.4) is 0 Å². The average Bonchev–Trinajstić information content (AvgIpc) is 2.94. The molecule has 1 atom stereocenters. The summed E-state index contributed by atoms with van der Waals surface area (Å²) in [4.78, 5) is 22.3. The van der Waals surface area contributed by atoms with Gasteiger partial charge in [0.1, 0.15) is 5.82 Å². The lowest BCUT2D eigenvalue weighted by Gasteiger charge is -2.24. The first kappa shape index (κ1) is 18.3. The highest BCUT2D eigenvalue weighted by Gasteiger charge is 2.31. The van der Waals surface area contributed by atoms with Gasteiger partial charge in [0.05, 0.1) is 11.5 Å². The number of anilines is 3.